The first-order chi connectivity index (χ1) is 7.97. The Bertz CT molecular complexity index is 343. The molecule has 94 valence electrons. The van der Waals surface area contributed by atoms with E-state index in [9.17, 15) is 14.4 Å². The number of amides is 2. The Morgan fingerprint density at radius 3 is 2.24 bits per heavy atom. The number of nitrogens with zero attached hydrogens (tertiary/aromatic N) is 1. The van der Waals surface area contributed by atoms with Gasteiger partial charge in [0.2, 0.25) is 0 Å². The van der Waals surface area contributed by atoms with Crippen molar-refractivity contribution in [2.45, 2.75) is 26.3 Å². The zero-order valence-corrected chi connectivity index (χ0v) is 10.4. The molecule has 2 amide bonds. The van der Waals surface area contributed by atoms with Gasteiger partial charge in [-0.1, -0.05) is 13.8 Å². The van der Waals surface area contributed by atoms with Crippen LogP contribution in [0, 0.1) is 5.92 Å². The summed E-state index contributed by atoms with van der Waals surface area (Å²) < 4.78 is 0. The first kappa shape index (κ1) is 13.6. The van der Waals surface area contributed by atoms with Gasteiger partial charge in [-0.05, 0) is 13.0 Å². The SMILES string of the molecule is CNCC(C(=O)CC(C)C)N1C(=O)C=CC1=O. The first-order valence-corrected chi connectivity index (χ1v) is 5.70. The van der Waals surface area contributed by atoms with Crippen molar-refractivity contribution in [1.82, 2.24) is 10.2 Å². The summed E-state index contributed by atoms with van der Waals surface area (Å²) in [7, 11) is 1.69. The molecule has 0 aromatic rings. The molecule has 1 N–H and O–H groups in total. The molecule has 0 saturated heterocycles. The van der Waals surface area contributed by atoms with Gasteiger partial charge in [-0.3, -0.25) is 19.3 Å². The van der Waals surface area contributed by atoms with Crippen molar-refractivity contribution in [3.05, 3.63) is 12.2 Å². The molecule has 0 aliphatic carbocycles. The Morgan fingerprint density at radius 1 is 1.29 bits per heavy atom. The topological polar surface area (TPSA) is 66.5 Å². The number of carbonyl (C=O) groups excluding carboxylic acids is 3. The normalized spacial score (nSPS) is 17.1. The van der Waals surface area contributed by atoms with Gasteiger partial charge in [-0.25, -0.2) is 0 Å². The van der Waals surface area contributed by atoms with Crippen LogP contribution in [0.2, 0.25) is 0 Å². The highest BCUT2D eigenvalue weighted by molar-refractivity contribution is 6.15. The Morgan fingerprint density at radius 2 is 1.82 bits per heavy atom. The van der Waals surface area contributed by atoms with Crippen LogP contribution in [-0.4, -0.2) is 42.1 Å². The molecule has 0 saturated carbocycles. The maximum absolute atomic E-state index is 12.0. The van der Waals surface area contributed by atoms with Crippen molar-refractivity contribution >= 4 is 17.6 Å². The predicted octanol–water partition coefficient (Wildman–Crippen LogP) is 0.115. The zero-order chi connectivity index (χ0) is 13.0. The van der Waals surface area contributed by atoms with E-state index in [1.807, 2.05) is 13.8 Å². The second kappa shape index (κ2) is 5.72. The Labute approximate surface area is 101 Å². The molecule has 1 atom stereocenters. The van der Waals surface area contributed by atoms with E-state index < -0.39 is 17.9 Å². The van der Waals surface area contributed by atoms with Gasteiger partial charge in [0.05, 0.1) is 0 Å². The van der Waals surface area contributed by atoms with Gasteiger partial charge in [0.25, 0.3) is 11.8 Å². The number of ketones is 1. The number of hydrogen-bond donors (Lipinski definition) is 1. The summed E-state index contributed by atoms with van der Waals surface area (Å²) in [5.74, 6) is -0.693. The van der Waals surface area contributed by atoms with Gasteiger partial charge < -0.3 is 5.32 Å². The fraction of sp³-hybridized carbons (Fsp3) is 0.583. The van der Waals surface area contributed by atoms with Gasteiger partial charge in [-0.15, -0.1) is 0 Å². The lowest BCUT2D eigenvalue weighted by atomic mass is 10.0. The average Bonchev–Trinajstić information content (AvgIpc) is 2.55. The minimum absolute atomic E-state index is 0.0836. The lowest BCUT2D eigenvalue weighted by Crippen LogP contribution is -2.50. The van der Waals surface area contributed by atoms with E-state index in [2.05, 4.69) is 5.32 Å². The fourth-order valence-corrected chi connectivity index (χ4v) is 1.80. The van der Waals surface area contributed by atoms with E-state index >= 15 is 0 Å². The van der Waals surface area contributed by atoms with E-state index in [0.29, 0.717) is 13.0 Å². The number of hydrogen-bond acceptors (Lipinski definition) is 4. The van der Waals surface area contributed by atoms with Crippen molar-refractivity contribution in [3.63, 3.8) is 0 Å². The van der Waals surface area contributed by atoms with Gasteiger partial charge in [-0.2, -0.15) is 0 Å². The van der Waals surface area contributed by atoms with Crippen LogP contribution < -0.4 is 5.32 Å². The molecule has 5 heteroatoms. The summed E-state index contributed by atoms with van der Waals surface area (Å²) >= 11 is 0. The molecule has 1 aliphatic rings. The maximum atomic E-state index is 12.0. The molecule has 17 heavy (non-hydrogen) atoms. The third kappa shape index (κ3) is 3.23. The van der Waals surface area contributed by atoms with Crippen LogP contribution in [0.25, 0.3) is 0 Å². The van der Waals surface area contributed by atoms with E-state index in [1.165, 1.54) is 12.2 Å². The minimum atomic E-state index is -0.697. The molecule has 1 rings (SSSR count). The average molecular weight is 238 g/mol. The molecule has 1 heterocycles. The Balaban J connectivity index is 2.82. The van der Waals surface area contributed by atoms with E-state index in [4.69, 9.17) is 0 Å². The predicted molar refractivity (Wildman–Crippen MR) is 63.2 cm³/mol. The van der Waals surface area contributed by atoms with E-state index in [0.717, 1.165) is 4.90 Å². The van der Waals surface area contributed by atoms with E-state index in [1.54, 1.807) is 7.05 Å². The second-order valence-corrected chi connectivity index (χ2v) is 4.52. The quantitative estimate of drug-likeness (QED) is 0.667. The fourth-order valence-electron chi connectivity index (χ4n) is 1.80. The highest BCUT2D eigenvalue weighted by Crippen LogP contribution is 2.13. The molecule has 0 spiro atoms. The van der Waals surface area contributed by atoms with Crippen molar-refractivity contribution < 1.29 is 14.4 Å². The number of likely N-dealkylation sites (N-methyl/N-ethyl adjacent to an activating group) is 1. The van der Waals surface area contributed by atoms with Gasteiger partial charge in [0.15, 0.2) is 5.78 Å². The number of rotatable bonds is 6. The molecule has 1 aliphatic heterocycles. The molecular weight excluding hydrogens is 220 g/mol. The van der Waals surface area contributed by atoms with Crippen molar-refractivity contribution in [1.29, 1.82) is 0 Å². The zero-order valence-electron chi connectivity index (χ0n) is 10.4. The van der Waals surface area contributed by atoms with Crippen LogP contribution in [0.5, 0.6) is 0 Å². The third-order valence-electron chi connectivity index (χ3n) is 2.53. The van der Waals surface area contributed by atoms with Gasteiger partial charge in [0, 0.05) is 25.1 Å². The third-order valence-corrected chi connectivity index (χ3v) is 2.53. The van der Waals surface area contributed by atoms with Gasteiger partial charge in [0.1, 0.15) is 6.04 Å². The highest BCUT2D eigenvalue weighted by Gasteiger charge is 2.34. The Hall–Kier alpha value is -1.49. The van der Waals surface area contributed by atoms with Crippen molar-refractivity contribution in [2.24, 2.45) is 5.92 Å². The van der Waals surface area contributed by atoms with Crippen molar-refractivity contribution in [2.75, 3.05) is 13.6 Å². The minimum Gasteiger partial charge on any atom is -0.317 e. The number of nitrogens with one attached hydrogen (secondary N) is 1. The summed E-state index contributed by atoms with van der Waals surface area (Å²) in [5.41, 5.74) is 0. The van der Waals surface area contributed by atoms with Crippen LogP contribution in [-0.2, 0) is 14.4 Å². The lowest BCUT2D eigenvalue weighted by Gasteiger charge is -2.25. The van der Waals surface area contributed by atoms with Crippen LogP contribution >= 0.6 is 0 Å². The monoisotopic (exact) mass is 238 g/mol. The number of Topliss-reactive ketones (excluding diaryl/α,β-unsaturated/α-hetero) is 1. The van der Waals surface area contributed by atoms with Crippen LogP contribution in [0.4, 0.5) is 0 Å². The molecule has 5 nitrogen and oxygen atoms in total. The molecule has 0 aromatic carbocycles. The Kier molecular flexibility index (Phi) is 4.57. The summed E-state index contributed by atoms with van der Waals surface area (Å²) in [4.78, 5) is 36.1. The smallest absolute Gasteiger partial charge is 0.254 e. The summed E-state index contributed by atoms with van der Waals surface area (Å²) in [6.45, 7) is 4.16. The van der Waals surface area contributed by atoms with Gasteiger partial charge >= 0.3 is 0 Å². The number of carbonyl (C=O) groups is 3. The lowest BCUT2D eigenvalue weighted by molar-refractivity contribution is -0.144. The molecule has 1 unspecified atom stereocenters. The van der Waals surface area contributed by atoms with Crippen LogP contribution in [0.15, 0.2) is 12.2 Å². The molecular formula is C12H18N2O3. The molecule has 0 bridgehead atoms. The number of imide groups is 1. The molecule has 0 aromatic heterocycles. The van der Waals surface area contributed by atoms with E-state index in [-0.39, 0.29) is 11.7 Å². The first-order valence-electron chi connectivity index (χ1n) is 5.70. The summed E-state index contributed by atoms with van der Waals surface area (Å²) in [5, 5.41) is 2.85. The van der Waals surface area contributed by atoms with Crippen LogP contribution in [0.3, 0.4) is 0 Å². The molecule has 0 radical (unpaired) electrons. The molecule has 0 fully saturated rings. The largest absolute Gasteiger partial charge is 0.317 e. The summed E-state index contributed by atoms with van der Waals surface area (Å²) in [6, 6.07) is -0.697. The standard InChI is InChI=1S/C12H18N2O3/c1-8(2)6-10(15)9(7-13-3)14-11(16)4-5-12(14)17/h4-5,8-9,13H,6-7H2,1-3H3. The van der Waals surface area contributed by atoms with Crippen LogP contribution in [0.1, 0.15) is 20.3 Å². The highest BCUT2D eigenvalue weighted by atomic mass is 16.2. The van der Waals surface area contributed by atoms with Crippen molar-refractivity contribution in [3.8, 4) is 0 Å². The second-order valence-electron chi connectivity index (χ2n) is 4.52. The summed E-state index contributed by atoms with van der Waals surface area (Å²) in [6.07, 6.45) is 2.77. The maximum Gasteiger partial charge on any atom is 0.254 e.